The number of fused-ring (bicyclic) bond motifs is 2. The molecule has 2 aromatic carbocycles. The quantitative estimate of drug-likeness (QED) is 0.532. The molecular weight excluding hydrogens is 397 g/mol. The molecule has 31 heavy (non-hydrogen) atoms. The molecule has 0 bridgehead atoms. The summed E-state index contributed by atoms with van der Waals surface area (Å²) in [5, 5.41) is 11.7. The summed E-state index contributed by atoms with van der Waals surface area (Å²) >= 11 is 0. The van der Waals surface area contributed by atoms with Crippen molar-refractivity contribution < 1.29 is 9.18 Å². The van der Waals surface area contributed by atoms with Crippen molar-refractivity contribution in [1.29, 1.82) is 0 Å². The van der Waals surface area contributed by atoms with Gasteiger partial charge in [-0.2, -0.15) is 5.10 Å². The molecule has 5 rings (SSSR count). The molecule has 2 N–H and O–H groups in total. The highest BCUT2D eigenvalue weighted by Crippen LogP contribution is 2.30. The maximum absolute atomic E-state index is 14.6. The molecule has 0 radical (unpaired) electrons. The Morgan fingerprint density at radius 1 is 1.16 bits per heavy atom. The average molecular weight is 421 g/mol. The van der Waals surface area contributed by atoms with Gasteiger partial charge in [0.05, 0.1) is 11.1 Å². The van der Waals surface area contributed by atoms with Gasteiger partial charge in [-0.1, -0.05) is 0 Å². The van der Waals surface area contributed by atoms with E-state index >= 15 is 0 Å². The van der Waals surface area contributed by atoms with Crippen LogP contribution in [0.2, 0.25) is 0 Å². The van der Waals surface area contributed by atoms with Gasteiger partial charge in [0.15, 0.2) is 5.82 Å². The first-order valence-electron chi connectivity index (χ1n) is 10.3. The van der Waals surface area contributed by atoms with Crippen molar-refractivity contribution in [2.45, 2.75) is 6.92 Å². The van der Waals surface area contributed by atoms with E-state index in [1.807, 2.05) is 33.3 Å². The molecule has 1 aliphatic heterocycles. The Kier molecular flexibility index (Phi) is 4.62. The largest absolute Gasteiger partial charge is 0.368 e. The standard InChI is InChI=1S/C22H24FN7O/c1-13-25-21-17(23)10-14(11-19(21)29(13)3)26-22(31)15-4-5-18(30-8-6-24-7-9-30)16-12-28(2)27-20(15)16/h4-5,10-12,24H,6-9H2,1-3H3,(H,26,31). The number of piperazine rings is 1. The number of halogens is 1. The Hall–Kier alpha value is -3.46. The van der Waals surface area contributed by atoms with Crippen LogP contribution in [0.25, 0.3) is 21.9 Å². The molecule has 0 aliphatic carbocycles. The van der Waals surface area contributed by atoms with E-state index in [1.165, 1.54) is 6.07 Å². The van der Waals surface area contributed by atoms with Crippen LogP contribution < -0.4 is 15.5 Å². The van der Waals surface area contributed by atoms with E-state index in [-0.39, 0.29) is 5.91 Å². The summed E-state index contributed by atoms with van der Waals surface area (Å²) < 4.78 is 18.1. The second kappa shape index (κ2) is 7.35. The lowest BCUT2D eigenvalue weighted by Gasteiger charge is -2.30. The van der Waals surface area contributed by atoms with E-state index in [2.05, 4.69) is 25.6 Å². The number of anilines is 2. The summed E-state index contributed by atoms with van der Waals surface area (Å²) in [6.07, 6.45) is 1.94. The number of rotatable bonds is 3. The molecule has 2 aromatic heterocycles. The first kappa shape index (κ1) is 19.5. The van der Waals surface area contributed by atoms with Gasteiger partial charge in [0, 0.05) is 63.2 Å². The minimum Gasteiger partial charge on any atom is -0.368 e. The monoisotopic (exact) mass is 421 g/mol. The molecule has 4 aromatic rings. The third-order valence-electron chi connectivity index (χ3n) is 5.89. The lowest BCUT2D eigenvalue weighted by Crippen LogP contribution is -2.43. The second-order valence-electron chi connectivity index (χ2n) is 7.93. The van der Waals surface area contributed by atoms with Crippen LogP contribution in [0.1, 0.15) is 16.2 Å². The van der Waals surface area contributed by atoms with Crippen molar-refractivity contribution in [1.82, 2.24) is 24.6 Å². The number of aryl methyl sites for hydroxylation is 3. The minimum atomic E-state index is -0.464. The first-order chi connectivity index (χ1) is 14.9. The number of aromatic nitrogens is 4. The van der Waals surface area contributed by atoms with Crippen LogP contribution in [0.15, 0.2) is 30.5 Å². The summed E-state index contributed by atoms with van der Waals surface area (Å²) in [5.41, 5.74) is 3.47. The van der Waals surface area contributed by atoms with E-state index in [0.717, 1.165) is 37.3 Å². The number of carbonyl (C=O) groups is 1. The Labute approximate surface area is 178 Å². The fourth-order valence-electron chi connectivity index (χ4n) is 4.20. The summed E-state index contributed by atoms with van der Waals surface area (Å²) in [5.74, 6) is -0.0854. The molecule has 0 unspecified atom stereocenters. The zero-order chi connectivity index (χ0) is 21.7. The van der Waals surface area contributed by atoms with Crippen molar-refractivity contribution in [2.24, 2.45) is 14.1 Å². The van der Waals surface area contributed by atoms with E-state index in [4.69, 9.17) is 0 Å². The maximum atomic E-state index is 14.6. The molecule has 0 atom stereocenters. The third-order valence-corrected chi connectivity index (χ3v) is 5.89. The van der Waals surface area contributed by atoms with Crippen LogP contribution in [0.3, 0.4) is 0 Å². The van der Waals surface area contributed by atoms with Gasteiger partial charge >= 0.3 is 0 Å². The van der Waals surface area contributed by atoms with Crippen LogP contribution in [-0.2, 0) is 14.1 Å². The molecule has 3 heterocycles. The molecule has 1 amide bonds. The highest BCUT2D eigenvalue weighted by Gasteiger charge is 2.20. The molecule has 0 saturated carbocycles. The summed E-state index contributed by atoms with van der Waals surface area (Å²) in [7, 11) is 3.67. The maximum Gasteiger partial charge on any atom is 0.257 e. The highest BCUT2D eigenvalue weighted by molar-refractivity contribution is 6.14. The van der Waals surface area contributed by atoms with Gasteiger partial charge in [-0.05, 0) is 31.2 Å². The number of carbonyl (C=O) groups excluding carboxylic acids is 1. The molecule has 1 saturated heterocycles. The van der Waals surface area contributed by atoms with Crippen LogP contribution >= 0.6 is 0 Å². The Bertz CT molecular complexity index is 1320. The lowest BCUT2D eigenvalue weighted by molar-refractivity contribution is 0.102. The van der Waals surface area contributed by atoms with Crippen LogP contribution in [0.5, 0.6) is 0 Å². The molecule has 1 fully saturated rings. The second-order valence-corrected chi connectivity index (χ2v) is 7.93. The van der Waals surface area contributed by atoms with Gasteiger partial charge < -0.3 is 20.1 Å². The normalized spacial score (nSPS) is 14.5. The number of imidazole rings is 1. The van der Waals surface area contributed by atoms with Gasteiger partial charge in [0.1, 0.15) is 16.9 Å². The van der Waals surface area contributed by atoms with E-state index in [0.29, 0.717) is 33.6 Å². The third kappa shape index (κ3) is 3.31. The van der Waals surface area contributed by atoms with Gasteiger partial charge in [-0.25, -0.2) is 9.37 Å². The predicted molar refractivity (Wildman–Crippen MR) is 119 cm³/mol. The van der Waals surface area contributed by atoms with Crippen molar-refractivity contribution in [3.63, 3.8) is 0 Å². The lowest BCUT2D eigenvalue weighted by atomic mass is 10.1. The number of amides is 1. The first-order valence-corrected chi connectivity index (χ1v) is 10.3. The Balaban J connectivity index is 1.52. The van der Waals surface area contributed by atoms with Crippen LogP contribution in [0.4, 0.5) is 15.8 Å². The Morgan fingerprint density at radius 2 is 1.94 bits per heavy atom. The molecule has 8 nitrogen and oxygen atoms in total. The van der Waals surface area contributed by atoms with E-state index < -0.39 is 5.82 Å². The minimum absolute atomic E-state index is 0.297. The number of hydrogen-bond donors (Lipinski definition) is 2. The Morgan fingerprint density at radius 3 is 2.71 bits per heavy atom. The van der Waals surface area contributed by atoms with Gasteiger partial charge in [0.2, 0.25) is 0 Å². The zero-order valence-corrected chi connectivity index (χ0v) is 17.7. The molecule has 160 valence electrons. The van der Waals surface area contributed by atoms with Crippen molar-refractivity contribution in [3.8, 4) is 0 Å². The summed E-state index contributed by atoms with van der Waals surface area (Å²) in [6, 6.07) is 6.81. The van der Waals surface area contributed by atoms with E-state index in [9.17, 15) is 9.18 Å². The van der Waals surface area contributed by atoms with Crippen LogP contribution in [-0.4, -0.2) is 51.4 Å². The molecule has 0 spiro atoms. The van der Waals surface area contributed by atoms with Crippen molar-refractivity contribution in [3.05, 3.63) is 47.7 Å². The summed E-state index contributed by atoms with van der Waals surface area (Å²) in [4.78, 5) is 19.7. The molecule has 1 aliphatic rings. The van der Waals surface area contributed by atoms with E-state index in [1.54, 1.807) is 21.4 Å². The SMILES string of the molecule is Cc1nc2c(F)cc(NC(=O)c3ccc(N4CCNCC4)c4cn(C)nc34)cc2n1C. The number of benzene rings is 2. The predicted octanol–water partition coefficient (Wildman–Crippen LogP) is 2.57. The number of nitrogens with one attached hydrogen (secondary N) is 2. The smallest absolute Gasteiger partial charge is 0.257 e. The number of hydrogen-bond acceptors (Lipinski definition) is 5. The van der Waals surface area contributed by atoms with Gasteiger partial charge in [-0.15, -0.1) is 0 Å². The average Bonchev–Trinajstić information content (AvgIpc) is 3.28. The molecule has 9 heteroatoms. The topological polar surface area (TPSA) is 80.0 Å². The van der Waals surface area contributed by atoms with Gasteiger partial charge in [-0.3, -0.25) is 9.48 Å². The van der Waals surface area contributed by atoms with Gasteiger partial charge in [0.25, 0.3) is 5.91 Å². The number of nitrogens with zero attached hydrogens (tertiary/aromatic N) is 5. The van der Waals surface area contributed by atoms with Crippen molar-refractivity contribution in [2.75, 3.05) is 36.4 Å². The fraction of sp³-hybridized carbons (Fsp3) is 0.318. The van der Waals surface area contributed by atoms with Crippen molar-refractivity contribution >= 4 is 39.2 Å². The summed E-state index contributed by atoms with van der Waals surface area (Å²) in [6.45, 7) is 5.46. The highest BCUT2D eigenvalue weighted by atomic mass is 19.1. The molecular formula is C22H24FN7O. The zero-order valence-electron chi connectivity index (χ0n) is 17.7. The fourth-order valence-corrected chi connectivity index (χ4v) is 4.20. The van der Waals surface area contributed by atoms with Crippen LogP contribution in [0, 0.1) is 12.7 Å².